The van der Waals surface area contributed by atoms with Crippen molar-refractivity contribution in [3.05, 3.63) is 21.5 Å². The number of nitrogens with zero attached hydrogens (tertiary/aromatic N) is 2. The van der Waals surface area contributed by atoms with Crippen LogP contribution >= 0.6 is 28.1 Å². The number of ether oxygens (including phenoxy) is 1. The van der Waals surface area contributed by atoms with Gasteiger partial charge >= 0.3 is 0 Å². The van der Waals surface area contributed by atoms with Crippen molar-refractivity contribution in [2.75, 3.05) is 6.61 Å². The van der Waals surface area contributed by atoms with Crippen molar-refractivity contribution >= 4 is 39.3 Å². The topological polar surface area (TPSA) is 42.8 Å². The molecule has 1 aliphatic carbocycles. The molecule has 96 valence electrons. The van der Waals surface area contributed by atoms with E-state index >= 15 is 0 Å². The summed E-state index contributed by atoms with van der Waals surface area (Å²) in [6.45, 7) is 2.81. The third-order valence-corrected chi connectivity index (χ3v) is 4.09. The maximum atomic E-state index is 5.59. The van der Waals surface area contributed by atoms with Gasteiger partial charge in [0.15, 0.2) is 10.4 Å². The van der Waals surface area contributed by atoms with Gasteiger partial charge in [0, 0.05) is 23.3 Å². The molecule has 1 N–H and O–H groups in total. The molecule has 2 aromatic rings. The average molecular weight is 328 g/mol. The minimum atomic E-state index is 0.377. The summed E-state index contributed by atoms with van der Waals surface area (Å²) in [5, 5.41) is 0. The number of hydrogen-bond donors (Lipinski definition) is 1. The van der Waals surface area contributed by atoms with E-state index in [0.717, 1.165) is 39.9 Å². The van der Waals surface area contributed by atoms with Gasteiger partial charge in [0.1, 0.15) is 0 Å². The Morgan fingerprint density at radius 1 is 1.61 bits per heavy atom. The number of pyridine rings is 1. The van der Waals surface area contributed by atoms with Crippen LogP contribution in [-0.2, 0) is 4.74 Å². The van der Waals surface area contributed by atoms with Crippen molar-refractivity contribution in [1.29, 1.82) is 0 Å². The van der Waals surface area contributed by atoms with Crippen LogP contribution in [0.4, 0.5) is 0 Å². The molecule has 0 amide bonds. The van der Waals surface area contributed by atoms with Crippen molar-refractivity contribution < 1.29 is 4.74 Å². The summed E-state index contributed by atoms with van der Waals surface area (Å²) in [4.78, 5) is 7.66. The van der Waals surface area contributed by atoms with Crippen LogP contribution in [0.1, 0.15) is 25.8 Å². The highest BCUT2D eigenvalue weighted by molar-refractivity contribution is 9.10. The number of rotatable bonds is 3. The average Bonchev–Trinajstić information content (AvgIpc) is 2.58. The minimum absolute atomic E-state index is 0.377. The van der Waals surface area contributed by atoms with E-state index in [-0.39, 0.29) is 0 Å². The molecule has 6 heteroatoms. The molecule has 0 aliphatic heterocycles. The summed E-state index contributed by atoms with van der Waals surface area (Å²) in [5.41, 5.74) is 1.91. The van der Waals surface area contributed by atoms with Gasteiger partial charge in [-0.1, -0.05) is 0 Å². The maximum Gasteiger partial charge on any atom is 0.179 e. The van der Waals surface area contributed by atoms with Gasteiger partial charge in [0.25, 0.3) is 0 Å². The van der Waals surface area contributed by atoms with Crippen LogP contribution in [0.25, 0.3) is 11.2 Å². The van der Waals surface area contributed by atoms with Gasteiger partial charge in [-0.25, -0.2) is 4.98 Å². The Kier molecular flexibility index (Phi) is 3.25. The van der Waals surface area contributed by atoms with Crippen molar-refractivity contribution in [1.82, 2.24) is 14.5 Å². The first-order valence-electron chi connectivity index (χ1n) is 6.06. The molecule has 0 saturated heterocycles. The lowest BCUT2D eigenvalue weighted by molar-refractivity contribution is -0.0191. The lowest BCUT2D eigenvalue weighted by Gasteiger charge is -2.35. The van der Waals surface area contributed by atoms with E-state index in [1.807, 2.05) is 13.0 Å². The van der Waals surface area contributed by atoms with Crippen LogP contribution in [-0.4, -0.2) is 27.2 Å². The number of aromatic amines is 1. The van der Waals surface area contributed by atoms with Crippen molar-refractivity contribution in [3.8, 4) is 0 Å². The van der Waals surface area contributed by atoms with Crippen LogP contribution < -0.4 is 0 Å². The quantitative estimate of drug-likeness (QED) is 0.876. The van der Waals surface area contributed by atoms with Gasteiger partial charge in [-0.2, -0.15) is 0 Å². The van der Waals surface area contributed by atoms with E-state index in [4.69, 9.17) is 17.0 Å². The normalized spacial score (nSPS) is 23.2. The second-order valence-corrected chi connectivity index (χ2v) is 5.83. The maximum absolute atomic E-state index is 5.59. The number of nitrogens with one attached hydrogen (secondary N) is 1. The molecule has 1 saturated carbocycles. The summed E-state index contributed by atoms with van der Waals surface area (Å²) in [6.07, 6.45) is 4.22. The SMILES string of the molecule is CCOC1CC(n2c(=S)[nH]c3cc(Br)cnc32)C1. The Bertz CT molecular complexity index is 630. The highest BCUT2D eigenvalue weighted by atomic mass is 79.9. The first-order chi connectivity index (χ1) is 8.69. The number of hydrogen-bond acceptors (Lipinski definition) is 3. The zero-order chi connectivity index (χ0) is 12.7. The number of H-pyrrole nitrogens is 1. The lowest BCUT2D eigenvalue weighted by Crippen LogP contribution is -2.33. The van der Waals surface area contributed by atoms with Crippen LogP contribution in [0, 0.1) is 4.77 Å². The monoisotopic (exact) mass is 327 g/mol. The first-order valence-corrected chi connectivity index (χ1v) is 7.26. The molecule has 0 aromatic carbocycles. The smallest absolute Gasteiger partial charge is 0.179 e. The van der Waals surface area contributed by atoms with E-state index in [2.05, 4.69) is 30.5 Å². The van der Waals surface area contributed by atoms with Crippen LogP contribution in [0.5, 0.6) is 0 Å². The standard InChI is InChI=1S/C12H14BrN3OS/c1-2-17-9-4-8(5-9)16-11-10(15-12(16)18)3-7(13)6-14-11/h3,6,8-9H,2,4-5H2,1H3,(H,15,18). The van der Waals surface area contributed by atoms with Crippen LogP contribution in [0.15, 0.2) is 16.7 Å². The number of imidazole rings is 1. The highest BCUT2D eigenvalue weighted by Crippen LogP contribution is 2.36. The second kappa shape index (κ2) is 4.75. The zero-order valence-electron chi connectivity index (χ0n) is 10.0. The van der Waals surface area contributed by atoms with Crippen LogP contribution in [0.2, 0.25) is 0 Å². The number of halogens is 1. The predicted octanol–water partition coefficient (Wildman–Crippen LogP) is 3.60. The molecule has 3 rings (SSSR count). The molecule has 2 heterocycles. The third-order valence-electron chi connectivity index (χ3n) is 3.36. The first kappa shape index (κ1) is 12.3. The fourth-order valence-electron chi connectivity index (χ4n) is 2.45. The Morgan fingerprint density at radius 2 is 2.39 bits per heavy atom. The Labute approximate surface area is 118 Å². The van der Waals surface area contributed by atoms with E-state index in [0.29, 0.717) is 12.1 Å². The van der Waals surface area contributed by atoms with E-state index in [9.17, 15) is 0 Å². The fraction of sp³-hybridized carbons (Fsp3) is 0.500. The Hall–Kier alpha value is -0.720. The Morgan fingerprint density at radius 3 is 3.11 bits per heavy atom. The van der Waals surface area contributed by atoms with Crippen LogP contribution in [0.3, 0.4) is 0 Å². The van der Waals surface area contributed by atoms with Gasteiger partial charge in [-0.3, -0.25) is 4.57 Å². The van der Waals surface area contributed by atoms with Crippen molar-refractivity contribution in [3.63, 3.8) is 0 Å². The van der Waals surface area contributed by atoms with Crippen molar-refractivity contribution in [2.45, 2.75) is 31.9 Å². The molecule has 2 aromatic heterocycles. The summed E-state index contributed by atoms with van der Waals surface area (Å²) >= 11 is 8.81. The molecular formula is C12H14BrN3OS. The molecule has 4 nitrogen and oxygen atoms in total. The van der Waals surface area contributed by atoms with Crippen molar-refractivity contribution in [2.24, 2.45) is 0 Å². The molecule has 0 atom stereocenters. The lowest BCUT2D eigenvalue weighted by atomic mass is 9.89. The van der Waals surface area contributed by atoms with Gasteiger partial charge in [-0.15, -0.1) is 0 Å². The molecule has 0 unspecified atom stereocenters. The molecule has 0 radical (unpaired) electrons. The summed E-state index contributed by atoms with van der Waals surface area (Å²) in [5.74, 6) is 0. The minimum Gasteiger partial charge on any atom is -0.378 e. The molecular weight excluding hydrogens is 314 g/mol. The molecule has 18 heavy (non-hydrogen) atoms. The number of fused-ring (bicyclic) bond motifs is 1. The summed E-state index contributed by atoms with van der Waals surface area (Å²) < 4.78 is 9.41. The highest BCUT2D eigenvalue weighted by Gasteiger charge is 2.32. The summed E-state index contributed by atoms with van der Waals surface area (Å²) in [6, 6.07) is 2.42. The van der Waals surface area contributed by atoms with E-state index < -0.39 is 0 Å². The molecule has 0 bridgehead atoms. The van der Waals surface area contributed by atoms with Gasteiger partial charge < -0.3 is 9.72 Å². The van der Waals surface area contributed by atoms with Gasteiger partial charge in [0.2, 0.25) is 0 Å². The molecule has 0 spiro atoms. The Balaban J connectivity index is 1.93. The van der Waals surface area contributed by atoms with Gasteiger partial charge in [0.05, 0.1) is 11.6 Å². The molecule has 1 fully saturated rings. The predicted molar refractivity (Wildman–Crippen MR) is 76.3 cm³/mol. The fourth-order valence-corrected chi connectivity index (χ4v) is 3.12. The van der Waals surface area contributed by atoms with E-state index in [1.165, 1.54) is 0 Å². The second-order valence-electron chi connectivity index (χ2n) is 4.53. The number of aromatic nitrogens is 3. The van der Waals surface area contributed by atoms with Gasteiger partial charge in [-0.05, 0) is 54.0 Å². The largest absolute Gasteiger partial charge is 0.378 e. The third kappa shape index (κ3) is 2.02. The zero-order valence-corrected chi connectivity index (χ0v) is 12.4. The molecule has 1 aliphatic rings. The van der Waals surface area contributed by atoms with E-state index in [1.54, 1.807) is 6.20 Å². The summed E-state index contributed by atoms with van der Waals surface area (Å²) in [7, 11) is 0.